The second-order valence-electron chi connectivity index (χ2n) is 9.22. The molecule has 0 spiro atoms. The van der Waals surface area contributed by atoms with Gasteiger partial charge in [-0.1, -0.05) is 55.7 Å². The van der Waals surface area contributed by atoms with Crippen LogP contribution < -0.4 is 5.32 Å². The van der Waals surface area contributed by atoms with Crippen molar-refractivity contribution in [3.8, 4) is 0 Å². The van der Waals surface area contributed by atoms with Crippen molar-refractivity contribution in [2.24, 2.45) is 0 Å². The number of rotatable bonds is 6. The van der Waals surface area contributed by atoms with Gasteiger partial charge in [-0.05, 0) is 49.2 Å². The zero-order chi connectivity index (χ0) is 23.0. The van der Waals surface area contributed by atoms with Gasteiger partial charge in [-0.3, -0.25) is 4.79 Å². The molecule has 33 heavy (non-hydrogen) atoms. The van der Waals surface area contributed by atoms with Crippen LogP contribution in [0.3, 0.4) is 0 Å². The summed E-state index contributed by atoms with van der Waals surface area (Å²) in [6, 6.07) is 15.7. The maximum absolute atomic E-state index is 11.3. The molecule has 0 aliphatic carbocycles. The third-order valence-electron chi connectivity index (χ3n) is 6.53. The molecule has 2 saturated heterocycles. The largest absolute Gasteiger partial charge is 0.392 e. The van der Waals surface area contributed by atoms with Crippen LogP contribution in [-0.2, 0) is 20.9 Å². The second-order valence-corrected chi connectivity index (χ2v) is 9.22. The van der Waals surface area contributed by atoms with Crippen molar-refractivity contribution in [2.45, 2.75) is 70.6 Å². The molecule has 2 N–H and O–H groups in total. The van der Waals surface area contributed by atoms with E-state index in [4.69, 9.17) is 9.47 Å². The molecule has 6 heteroatoms. The number of ether oxygens (including phenoxy) is 2. The Hall–Kier alpha value is -2.25. The van der Waals surface area contributed by atoms with E-state index in [0.717, 1.165) is 48.4 Å². The lowest BCUT2D eigenvalue weighted by Crippen LogP contribution is -2.40. The first-order chi connectivity index (χ1) is 16.1. The standard InChI is InChI=1S/C27H36N2O4/c1-20(31)28-24-13-11-23(12-14-24)27-32-25(18-29-15-5-3-2-4-6-16-29)17-26(33-27)22-9-7-21(19-30)8-10-22/h7-14,25-27,30H,2-6,15-19H2,1H3,(H,28,31)/t25-,26+,27+/m0/s1. The molecule has 0 unspecified atom stereocenters. The number of hydrogen-bond acceptors (Lipinski definition) is 5. The van der Waals surface area contributed by atoms with Crippen LogP contribution in [0.15, 0.2) is 48.5 Å². The number of aliphatic hydroxyl groups excluding tert-OH is 1. The van der Waals surface area contributed by atoms with Crippen molar-refractivity contribution in [3.63, 3.8) is 0 Å². The first-order valence-electron chi connectivity index (χ1n) is 12.2. The number of carbonyl (C=O) groups is 1. The van der Waals surface area contributed by atoms with Gasteiger partial charge >= 0.3 is 0 Å². The van der Waals surface area contributed by atoms with E-state index in [9.17, 15) is 9.90 Å². The van der Waals surface area contributed by atoms with E-state index in [1.54, 1.807) is 0 Å². The van der Waals surface area contributed by atoms with Crippen LogP contribution in [0.2, 0.25) is 0 Å². The molecular formula is C27H36N2O4. The van der Waals surface area contributed by atoms with Gasteiger partial charge in [0.1, 0.15) is 0 Å². The Bertz CT molecular complexity index is 876. The molecule has 0 bridgehead atoms. The summed E-state index contributed by atoms with van der Waals surface area (Å²) in [5.74, 6) is -0.0902. The summed E-state index contributed by atoms with van der Waals surface area (Å²) in [7, 11) is 0. The Kier molecular flexibility index (Phi) is 8.51. The Morgan fingerprint density at radius 2 is 1.58 bits per heavy atom. The average molecular weight is 453 g/mol. The summed E-state index contributed by atoms with van der Waals surface area (Å²) in [6.07, 6.45) is 6.81. The topological polar surface area (TPSA) is 71.0 Å². The lowest BCUT2D eigenvalue weighted by atomic mass is 9.99. The Morgan fingerprint density at radius 1 is 0.939 bits per heavy atom. The van der Waals surface area contributed by atoms with E-state index in [1.807, 2.05) is 48.5 Å². The summed E-state index contributed by atoms with van der Waals surface area (Å²) in [5, 5.41) is 12.2. The van der Waals surface area contributed by atoms with E-state index in [-0.39, 0.29) is 24.7 Å². The van der Waals surface area contributed by atoms with Gasteiger partial charge in [0.2, 0.25) is 5.91 Å². The third kappa shape index (κ3) is 6.87. The summed E-state index contributed by atoms with van der Waals surface area (Å²) >= 11 is 0. The van der Waals surface area contributed by atoms with Gasteiger partial charge in [-0.2, -0.15) is 0 Å². The molecule has 2 heterocycles. The van der Waals surface area contributed by atoms with Crippen molar-refractivity contribution < 1.29 is 19.4 Å². The first kappa shape index (κ1) is 23.9. The molecule has 0 saturated carbocycles. The molecule has 3 atom stereocenters. The lowest BCUT2D eigenvalue weighted by molar-refractivity contribution is -0.253. The van der Waals surface area contributed by atoms with E-state index in [1.165, 1.54) is 39.0 Å². The average Bonchev–Trinajstić information content (AvgIpc) is 2.81. The Morgan fingerprint density at radius 3 is 2.21 bits per heavy atom. The maximum Gasteiger partial charge on any atom is 0.221 e. The highest BCUT2D eigenvalue weighted by Crippen LogP contribution is 2.38. The number of amides is 1. The van der Waals surface area contributed by atoms with Gasteiger partial charge in [0.25, 0.3) is 0 Å². The van der Waals surface area contributed by atoms with Crippen molar-refractivity contribution in [1.82, 2.24) is 4.90 Å². The summed E-state index contributed by atoms with van der Waals surface area (Å²) in [5.41, 5.74) is 3.70. The minimum Gasteiger partial charge on any atom is -0.392 e. The number of anilines is 1. The van der Waals surface area contributed by atoms with Crippen molar-refractivity contribution in [2.75, 3.05) is 25.0 Å². The van der Waals surface area contributed by atoms with Crippen molar-refractivity contribution in [1.29, 1.82) is 0 Å². The van der Waals surface area contributed by atoms with Gasteiger partial charge < -0.3 is 24.8 Å². The number of carbonyl (C=O) groups excluding carboxylic acids is 1. The fourth-order valence-electron chi connectivity index (χ4n) is 4.74. The Balaban J connectivity index is 1.51. The molecular weight excluding hydrogens is 416 g/mol. The molecule has 2 fully saturated rings. The summed E-state index contributed by atoms with van der Waals surface area (Å²) < 4.78 is 12.9. The summed E-state index contributed by atoms with van der Waals surface area (Å²) in [4.78, 5) is 13.9. The molecule has 0 aromatic heterocycles. The Labute approximate surface area is 196 Å². The fraction of sp³-hybridized carbons (Fsp3) is 0.519. The molecule has 2 aliphatic heterocycles. The maximum atomic E-state index is 11.3. The van der Waals surface area contributed by atoms with Crippen LogP contribution in [0.5, 0.6) is 0 Å². The minimum atomic E-state index is -0.465. The van der Waals surface area contributed by atoms with Crippen molar-refractivity contribution >= 4 is 11.6 Å². The highest BCUT2D eigenvalue weighted by atomic mass is 16.7. The number of aliphatic hydroxyl groups is 1. The SMILES string of the molecule is CC(=O)Nc1ccc([C@@H]2O[C@H](CN3CCCCCCC3)C[C@H](c3ccc(CO)cc3)O2)cc1. The van der Waals surface area contributed by atoms with Gasteiger partial charge in [-0.15, -0.1) is 0 Å². The highest BCUT2D eigenvalue weighted by Gasteiger charge is 2.33. The zero-order valence-corrected chi connectivity index (χ0v) is 19.5. The van der Waals surface area contributed by atoms with Gasteiger partial charge in [0, 0.05) is 31.1 Å². The number of likely N-dealkylation sites (tertiary alicyclic amines) is 1. The van der Waals surface area contributed by atoms with E-state index in [0.29, 0.717) is 0 Å². The third-order valence-corrected chi connectivity index (χ3v) is 6.53. The molecule has 4 rings (SSSR count). The molecule has 2 aliphatic rings. The van der Waals surface area contributed by atoms with Crippen LogP contribution in [0.25, 0.3) is 0 Å². The molecule has 178 valence electrons. The second kappa shape index (κ2) is 11.7. The molecule has 0 radical (unpaired) electrons. The number of hydrogen-bond donors (Lipinski definition) is 2. The molecule has 2 aromatic rings. The van der Waals surface area contributed by atoms with Crippen LogP contribution in [0, 0.1) is 0 Å². The minimum absolute atomic E-state index is 0.0375. The highest BCUT2D eigenvalue weighted by molar-refractivity contribution is 5.88. The van der Waals surface area contributed by atoms with Gasteiger partial charge in [0.05, 0.1) is 18.8 Å². The normalized spacial score (nSPS) is 24.6. The van der Waals surface area contributed by atoms with Crippen LogP contribution in [-0.4, -0.2) is 41.7 Å². The fourth-order valence-corrected chi connectivity index (χ4v) is 4.74. The number of benzene rings is 2. The zero-order valence-electron chi connectivity index (χ0n) is 19.5. The first-order valence-corrected chi connectivity index (χ1v) is 12.2. The molecule has 2 aromatic carbocycles. The van der Waals surface area contributed by atoms with Crippen molar-refractivity contribution in [3.05, 3.63) is 65.2 Å². The van der Waals surface area contributed by atoms with E-state index < -0.39 is 6.29 Å². The van der Waals surface area contributed by atoms with Crippen LogP contribution >= 0.6 is 0 Å². The number of nitrogens with one attached hydrogen (secondary N) is 1. The molecule has 6 nitrogen and oxygen atoms in total. The quantitative estimate of drug-likeness (QED) is 0.649. The van der Waals surface area contributed by atoms with Gasteiger partial charge in [0.15, 0.2) is 6.29 Å². The predicted molar refractivity (Wildman–Crippen MR) is 129 cm³/mol. The number of nitrogens with zero attached hydrogens (tertiary/aromatic N) is 1. The van der Waals surface area contributed by atoms with Crippen LogP contribution in [0.4, 0.5) is 5.69 Å². The monoisotopic (exact) mass is 452 g/mol. The van der Waals surface area contributed by atoms with Crippen LogP contribution in [0.1, 0.15) is 74.5 Å². The van der Waals surface area contributed by atoms with Gasteiger partial charge in [-0.25, -0.2) is 0 Å². The smallest absolute Gasteiger partial charge is 0.221 e. The molecule has 1 amide bonds. The predicted octanol–water partition coefficient (Wildman–Crippen LogP) is 4.95. The lowest BCUT2D eigenvalue weighted by Gasteiger charge is -2.38. The van der Waals surface area contributed by atoms with E-state index >= 15 is 0 Å². The summed E-state index contributed by atoms with van der Waals surface area (Å²) in [6.45, 7) is 4.72. The van der Waals surface area contributed by atoms with E-state index in [2.05, 4.69) is 10.2 Å².